The molecule has 0 amide bonds. The molecule has 2 unspecified atom stereocenters. The van der Waals surface area contributed by atoms with Gasteiger partial charge in [-0.25, -0.2) is 0 Å². The highest BCUT2D eigenvalue weighted by molar-refractivity contribution is 5.21. The molecule has 1 aromatic rings. The quantitative estimate of drug-likeness (QED) is 0.806. The van der Waals surface area contributed by atoms with Crippen molar-refractivity contribution in [3.8, 4) is 0 Å². The maximum Gasteiger partial charge on any atom is 0.0594 e. The molecule has 1 saturated heterocycles. The zero-order chi connectivity index (χ0) is 15.4. The van der Waals surface area contributed by atoms with Crippen molar-refractivity contribution in [3.05, 3.63) is 35.9 Å². The molecule has 1 aliphatic carbocycles. The highest BCUT2D eigenvalue weighted by atomic mass is 16.5. The lowest BCUT2D eigenvalue weighted by Gasteiger charge is -2.39. The van der Waals surface area contributed by atoms with Gasteiger partial charge in [0.2, 0.25) is 0 Å². The first-order valence-electron chi connectivity index (χ1n) is 8.45. The van der Waals surface area contributed by atoms with Gasteiger partial charge in [0.15, 0.2) is 0 Å². The predicted molar refractivity (Wildman–Crippen MR) is 87.8 cm³/mol. The Labute approximate surface area is 133 Å². The summed E-state index contributed by atoms with van der Waals surface area (Å²) in [5, 5.41) is 13.2. The topological polar surface area (TPSA) is 44.7 Å². The van der Waals surface area contributed by atoms with Crippen molar-refractivity contribution in [2.24, 2.45) is 5.41 Å². The van der Waals surface area contributed by atoms with Crippen LogP contribution in [0.25, 0.3) is 0 Å². The third-order valence-corrected chi connectivity index (χ3v) is 5.15. The third-order valence-electron chi connectivity index (χ3n) is 5.15. The molecule has 2 fully saturated rings. The predicted octanol–water partition coefficient (Wildman–Crippen LogP) is 1.81. The largest absolute Gasteiger partial charge is 0.396 e. The van der Waals surface area contributed by atoms with E-state index in [-0.39, 0.29) is 5.41 Å². The molecule has 4 heteroatoms. The molecule has 1 aromatic carbocycles. The number of aliphatic hydroxyl groups is 1. The molecule has 2 atom stereocenters. The third kappa shape index (κ3) is 3.69. The first kappa shape index (κ1) is 15.9. The molecule has 3 rings (SSSR count). The molecule has 2 aliphatic rings. The smallest absolute Gasteiger partial charge is 0.0594 e. The van der Waals surface area contributed by atoms with Crippen LogP contribution in [0.15, 0.2) is 30.3 Å². The number of ether oxygens (including phenoxy) is 1. The van der Waals surface area contributed by atoms with E-state index in [0.29, 0.717) is 18.7 Å². The number of nitrogens with one attached hydrogen (secondary N) is 1. The fourth-order valence-corrected chi connectivity index (χ4v) is 3.38. The average molecular weight is 304 g/mol. The number of benzene rings is 1. The highest BCUT2D eigenvalue weighted by Crippen LogP contribution is 2.44. The maximum atomic E-state index is 9.51. The van der Waals surface area contributed by atoms with E-state index >= 15 is 0 Å². The zero-order valence-corrected chi connectivity index (χ0v) is 13.5. The van der Waals surface area contributed by atoms with Crippen LogP contribution in [-0.2, 0) is 4.74 Å². The lowest BCUT2D eigenvalue weighted by atomic mass is 9.97. The van der Waals surface area contributed by atoms with E-state index in [2.05, 4.69) is 47.5 Å². The minimum Gasteiger partial charge on any atom is -0.396 e. The van der Waals surface area contributed by atoms with E-state index in [9.17, 15) is 5.11 Å². The Bertz CT molecular complexity index is 455. The maximum absolute atomic E-state index is 9.51. The second-order valence-electron chi connectivity index (χ2n) is 6.83. The Kier molecular flexibility index (Phi) is 5.14. The molecule has 0 radical (unpaired) electrons. The van der Waals surface area contributed by atoms with Crippen LogP contribution in [0.2, 0.25) is 0 Å². The van der Waals surface area contributed by atoms with Gasteiger partial charge in [-0.2, -0.15) is 0 Å². The Hall–Kier alpha value is -0.940. The van der Waals surface area contributed by atoms with E-state index in [4.69, 9.17) is 4.74 Å². The second kappa shape index (κ2) is 7.09. The minimum atomic E-state index is 0.153. The van der Waals surface area contributed by atoms with Crippen LogP contribution in [0.5, 0.6) is 0 Å². The number of aliphatic hydroxyl groups excluding tert-OH is 1. The molecule has 2 N–H and O–H groups in total. The molecular formula is C18H28N2O2. The number of hydrogen-bond donors (Lipinski definition) is 2. The first-order chi connectivity index (χ1) is 10.7. The van der Waals surface area contributed by atoms with Gasteiger partial charge in [-0.05, 0) is 25.3 Å². The number of morpholine rings is 1. The van der Waals surface area contributed by atoms with Crippen LogP contribution in [0, 0.1) is 5.41 Å². The Balaban J connectivity index is 1.69. The van der Waals surface area contributed by atoms with Gasteiger partial charge >= 0.3 is 0 Å². The van der Waals surface area contributed by atoms with E-state index < -0.39 is 0 Å². The molecule has 1 saturated carbocycles. The SMILES string of the molecule is CC(NCC1(CO)CC1)C(c1ccccc1)N1CCOCC1. The molecular weight excluding hydrogens is 276 g/mol. The number of nitrogens with zero attached hydrogens (tertiary/aromatic N) is 1. The van der Waals surface area contributed by atoms with Gasteiger partial charge < -0.3 is 15.2 Å². The van der Waals surface area contributed by atoms with Crippen molar-refractivity contribution in [2.75, 3.05) is 39.5 Å². The lowest BCUT2D eigenvalue weighted by molar-refractivity contribution is 0.00804. The summed E-state index contributed by atoms with van der Waals surface area (Å²) >= 11 is 0. The van der Waals surface area contributed by atoms with E-state index in [1.165, 1.54) is 5.56 Å². The van der Waals surface area contributed by atoms with Gasteiger partial charge in [-0.1, -0.05) is 30.3 Å². The monoisotopic (exact) mass is 304 g/mol. The van der Waals surface area contributed by atoms with Gasteiger partial charge in [0.05, 0.1) is 19.3 Å². The van der Waals surface area contributed by atoms with Gasteiger partial charge in [0.25, 0.3) is 0 Å². The van der Waals surface area contributed by atoms with Crippen LogP contribution in [0.3, 0.4) is 0 Å². The number of hydrogen-bond acceptors (Lipinski definition) is 4. The van der Waals surface area contributed by atoms with Crippen LogP contribution < -0.4 is 5.32 Å². The van der Waals surface area contributed by atoms with Crippen molar-refractivity contribution in [1.82, 2.24) is 10.2 Å². The molecule has 0 spiro atoms. The Morgan fingerprint density at radius 3 is 2.50 bits per heavy atom. The van der Waals surface area contributed by atoms with Gasteiger partial charge in [0, 0.05) is 37.7 Å². The molecule has 0 aromatic heterocycles. The lowest BCUT2D eigenvalue weighted by Crippen LogP contribution is -2.48. The summed E-state index contributed by atoms with van der Waals surface area (Å²) < 4.78 is 5.51. The summed E-state index contributed by atoms with van der Waals surface area (Å²) in [6.45, 7) is 7.08. The number of rotatable bonds is 7. The van der Waals surface area contributed by atoms with Crippen molar-refractivity contribution in [2.45, 2.75) is 31.8 Å². The van der Waals surface area contributed by atoms with Crippen LogP contribution >= 0.6 is 0 Å². The minimum absolute atomic E-state index is 0.153. The Morgan fingerprint density at radius 2 is 1.91 bits per heavy atom. The van der Waals surface area contributed by atoms with Crippen molar-refractivity contribution < 1.29 is 9.84 Å². The van der Waals surface area contributed by atoms with Gasteiger partial charge in [-0.3, -0.25) is 4.90 Å². The second-order valence-corrected chi connectivity index (χ2v) is 6.83. The summed E-state index contributed by atoms with van der Waals surface area (Å²) in [6, 6.07) is 11.5. The van der Waals surface area contributed by atoms with E-state index in [0.717, 1.165) is 45.7 Å². The molecule has 1 aliphatic heterocycles. The normalized spacial score (nSPS) is 23.9. The molecule has 122 valence electrons. The average Bonchev–Trinajstić information content (AvgIpc) is 3.36. The van der Waals surface area contributed by atoms with Gasteiger partial charge in [-0.15, -0.1) is 0 Å². The fourth-order valence-electron chi connectivity index (χ4n) is 3.38. The first-order valence-corrected chi connectivity index (χ1v) is 8.45. The Morgan fingerprint density at radius 1 is 1.23 bits per heavy atom. The molecule has 0 bridgehead atoms. The standard InChI is InChI=1S/C18H28N2O2/c1-15(19-13-18(14-21)7-8-18)17(16-5-3-2-4-6-16)20-9-11-22-12-10-20/h2-6,15,17,19,21H,7-14H2,1H3. The van der Waals surface area contributed by atoms with Crippen LogP contribution in [0.1, 0.15) is 31.4 Å². The molecule has 22 heavy (non-hydrogen) atoms. The van der Waals surface area contributed by atoms with Crippen molar-refractivity contribution >= 4 is 0 Å². The summed E-state index contributed by atoms with van der Waals surface area (Å²) in [5.41, 5.74) is 1.51. The van der Waals surface area contributed by atoms with Crippen molar-refractivity contribution in [3.63, 3.8) is 0 Å². The molecule has 4 nitrogen and oxygen atoms in total. The zero-order valence-electron chi connectivity index (χ0n) is 13.5. The van der Waals surface area contributed by atoms with E-state index in [1.54, 1.807) is 0 Å². The summed E-state index contributed by atoms with van der Waals surface area (Å²) in [5.74, 6) is 0. The molecule has 1 heterocycles. The summed E-state index contributed by atoms with van der Waals surface area (Å²) in [7, 11) is 0. The summed E-state index contributed by atoms with van der Waals surface area (Å²) in [6.07, 6.45) is 2.30. The fraction of sp³-hybridized carbons (Fsp3) is 0.667. The highest BCUT2D eigenvalue weighted by Gasteiger charge is 2.42. The van der Waals surface area contributed by atoms with Gasteiger partial charge in [0.1, 0.15) is 0 Å². The van der Waals surface area contributed by atoms with Crippen LogP contribution in [-0.4, -0.2) is 55.5 Å². The van der Waals surface area contributed by atoms with Crippen LogP contribution in [0.4, 0.5) is 0 Å². The summed E-state index contributed by atoms with van der Waals surface area (Å²) in [4.78, 5) is 2.52. The van der Waals surface area contributed by atoms with Crippen molar-refractivity contribution in [1.29, 1.82) is 0 Å². The van der Waals surface area contributed by atoms with E-state index in [1.807, 2.05) is 0 Å².